The molecule has 1 saturated heterocycles. The minimum absolute atomic E-state index is 0.186. The molecule has 0 N–H and O–H groups in total. The molecule has 0 unspecified atom stereocenters. The van der Waals surface area contributed by atoms with E-state index in [9.17, 15) is 4.39 Å². The zero-order valence-electron chi connectivity index (χ0n) is 8.68. The molecule has 0 aliphatic carbocycles. The van der Waals surface area contributed by atoms with Gasteiger partial charge in [0.1, 0.15) is 5.82 Å². The lowest BCUT2D eigenvalue weighted by molar-refractivity contribution is 0.574. The molecule has 1 heterocycles. The molecule has 1 aromatic carbocycles. The lowest BCUT2D eigenvalue weighted by atomic mass is 10.1. The van der Waals surface area contributed by atoms with Gasteiger partial charge in [0.25, 0.3) is 0 Å². The van der Waals surface area contributed by atoms with E-state index < -0.39 is 0 Å². The molecule has 1 aliphatic heterocycles. The first kappa shape index (κ1) is 10.7. The predicted molar refractivity (Wildman–Crippen MR) is 62.0 cm³/mol. The fourth-order valence-electron chi connectivity index (χ4n) is 2.05. The maximum Gasteiger partial charge on any atom is 0.125 e. The van der Waals surface area contributed by atoms with Crippen LogP contribution < -0.4 is 4.90 Å². The molecule has 3 heteroatoms. The molecule has 1 aromatic rings. The predicted octanol–water partition coefficient (Wildman–Crippen LogP) is 3.55. The summed E-state index contributed by atoms with van der Waals surface area (Å²) in [7, 11) is 0. The Labute approximate surface area is 94.8 Å². The van der Waals surface area contributed by atoms with E-state index in [1.54, 1.807) is 6.07 Å². The Bertz CT molecular complexity index is 334. The quantitative estimate of drug-likeness (QED) is 0.699. The third-order valence-corrected chi connectivity index (χ3v) is 3.13. The number of piperidine rings is 1. The number of nitrogens with zero attached hydrogens (tertiary/aromatic N) is 1. The zero-order chi connectivity index (χ0) is 10.7. The van der Waals surface area contributed by atoms with Crippen LogP contribution >= 0.6 is 11.6 Å². The molecule has 1 nitrogen and oxygen atoms in total. The van der Waals surface area contributed by atoms with Gasteiger partial charge in [-0.1, -0.05) is 0 Å². The molecule has 2 rings (SSSR count). The summed E-state index contributed by atoms with van der Waals surface area (Å²) in [5.74, 6) is 0.187. The fourth-order valence-corrected chi connectivity index (χ4v) is 2.20. The van der Waals surface area contributed by atoms with Gasteiger partial charge < -0.3 is 4.90 Å². The van der Waals surface area contributed by atoms with Crippen molar-refractivity contribution in [3.63, 3.8) is 0 Å². The van der Waals surface area contributed by atoms with Crippen LogP contribution in [-0.2, 0) is 5.88 Å². The monoisotopic (exact) mass is 227 g/mol. The first-order chi connectivity index (χ1) is 7.29. The van der Waals surface area contributed by atoms with Crippen molar-refractivity contribution >= 4 is 17.3 Å². The molecule has 15 heavy (non-hydrogen) atoms. The van der Waals surface area contributed by atoms with E-state index in [1.807, 2.05) is 6.07 Å². The second-order valence-corrected chi connectivity index (χ2v) is 4.27. The van der Waals surface area contributed by atoms with Crippen molar-refractivity contribution in [1.82, 2.24) is 0 Å². The molecular weight excluding hydrogens is 213 g/mol. The highest BCUT2D eigenvalue weighted by atomic mass is 35.5. The van der Waals surface area contributed by atoms with Crippen LogP contribution in [-0.4, -0.2) is 13.1 Å². The number of anilines is 1. The first-order valence-electron chi connectivity index (χ1n) is 5.40. The van der Waals surface area contributed by atoms with E-state index in [4.69, 9.17) is 11.6 Å². The highest BCUT2D eigenvalue weighted by Gasteiger charge is 2.12. The summed E-state index contributed by atoms with van der Waals surface area (Å²) in [6.07, 6.45) is 3.69. The van der Waals surface area contributed by atoms with Gasteiger partial charge in [-0.05, 0) is 43.0 Å². The van der Waals surface area contributed by atoms with Crippen LogP contribution in [0.15, 0.2) is 18.2 Å². The van der Waals surface area contributed by atoms with Crippen molar-refractivity contribution in [2.24, 2.45) is 0 Å². The van der Waals surface area contributed by atoms with Crippen molar-refractivity contribution in [3.05, 3.63) is 29.6 Å². The van der Waals surface area contributed by atoms with Gasteiger partial charge in [-0.3, -0.25) is 0 Å². The van der Waals surface area contributed by atoms with Gasteiger partial charge in [0.15, 0.2) is 0 Å². The van der Waals surface area contributed by atoms with Crippen LogP contribution in [0.3, 0.4) is 0 Å². The molecule has 0 radical (unpaired) electrons. The lowest BCUT2D eigenvalue weighted by Gasteiger charge is -2.29. The van der Waals surface area contributed by atoms with Gasteiger partial charge in [0.05, 0.1) is 0 Å². The Kier molecular flexibility index (Phi) is 3.47. The van der Waals surface area contributed by atoms with Gasteiger partial charge in [0.2, 0.25) is 0 Å². The lowest BCUT2D eigenvalue weighted by Crippen LogP contribution is -2.29. The van der Waals surface area contributed by atoms with Crippen molar-refractivity contribution in [3.8, 4) is 0 Å². The van der Waals surface area contributed by atoms with E-state index in [1.165, 1.54) is 25.3 Å². The highest BCUT2D eigenvalue weighted by Crippen LogP contribution is 2.23. The number of halogens is 2. The third kappa shape index (κ3) is 2.63. The first-order valence-corrected chi connectivity index (χ1v) is 5.93. The summed E-state index contributed by atoms with van der Waals surface area (Å²) in [5.41, 5.74) is 1.84. The summed E-state index contributed by atoms with van der Waals surface area (Å²) < 4.78 is 13.3. The van der Waals surface area contributed by atoms with E-state index in [0.29, 0.717) is 5.88 Å². The van der Waals surface area contributed by atoms with Crippen LogP contribution in [0.25, 0.3) is 0 Å². The van der Waals surface area contributed by atoms with E-state index >= 15 is 0 Å². The normalized spacial score (nSPS) is 16.8. The number of hydrogen-bond donors (Lipinski definition) is 0. The van der Waals surface area contributed by atoms with Crippen molar-refractivity contribution in [1.29, 1.82) is 0 Å². The Morgan fingerprint density at radius 1 is 1.13 bits per heavy atom. The molecule has 1 aliphatic rings. The SMILES string of the molecule is Fc1cc(CCl)cc(N2CCCCC2)c1. The Hall–Kier alpha value is -0.760. The third-order valence-electron chi connectivity index (χ3n) is 2.82. The van der Waals surface area contributed by atoms with Crippen LogP contribution in [0.5, 0.6) is 0 Å². The molecule has 0 spiro atoms. The Balaban J connectivity index is 2.22. The molecular formula is C12H15ClFN. The van der Waals surface area contributed by atoms with Crippen molar-refractivity contribution in [2.75, 3.05) is 18.0 Å². The average Bonchev–Trinajstić information content (AvgIpc) is 2.29. The van der Waals surface area contributed by atoms with Crippen LogP contribution in [0.1, 0.15) is 24.8 Å². The zero-order valence-corrected chi connectivity index (χ0v) is 9.43. The van der Waals surface area contributed by atoms with Crippen molar-refractivity contribution < 1.29 is 4.39 Å². The minimum atomic E-state index is -0.186. The molecule has 0 atom stereocenters. The fraction of sp³-hybridized carbons (Fsp3) is 0.500. The standard InChI is InChI=1S/C12H15ClFN/c13-9-10-6-11(14)8-12(7-10)15-4-2-1-3-5-15/h6-8H,1-5,9H2. The van der Waals surface area contributed by atoms with Crippen molar-refractivity contribution in [2.45, 2.75) is 25.1 Å². The smallest absolute Gasteiger partial charge is 0.125 e. The summed E-state index contributed by atoms with van der Waals surface area (Å²) >= 11 is 5.72. The summed E-state index contributed by atoms with van der Waals surface area (Å²) in [6.45, 7) is 2.07. The van der Waals surface area contributed by atoms with Gasteiger partial charge >= 0.3 is 0 Å². The number of hydrogen-bond acceptors (Lipinski definition) is 1. The van der Waals surface area contributed by atoms with Crippen LogP contribution in [0.4, 0.5) is 10.1 Å². The van der Waals surface area contributed by atoms with Gasteiger partial charge in [-0.2, -0.15) is 0 Å². The molecule has 0 aromatic heterocycles. The molecule has 0 amide bonds. The van der Waals surface area contributed by atoms with E-state index in [-0.39, 0.29) is 5.82 Å². The second kappa shape index (κ2) is 4.84. The highest BCUT2D eigenvalue weighted by molar-refractivity contribution is 6.17. The topological polar surface area (TPSA) is 3.24 Å². The molecule has 1 fully saturated rings. The summed E-state index contributed by atoms with van der Waals surface area (Å²) in [5, 5.41) is 0. The maximum absolute atomic E-state index is 13.3. The van der Waals surface area contributed by atoms with Crippen LogP contribution in [0, 0.1) is 5.82 Å². The molecule has 82 valence electrons. The molecule has 0 saturated carbocycles. The van der Waals surface area contributed by atoms with E-state index in [2.05, 4.69) is 4.90 Å². The summed E-state index contributed by atoms with van der Waals surface area (Å²) in [6, 6.07) is 5.09. The number of alkyl halides is 1. The maximum atomic E-state index is 13.3. The number of benzene rings is 1. The Morgan fingerprint density at radius 3 is 2.53 bits per heavy atom. The largest absolute Gasteiger partial charge is 0.371 e. The van der Waals surface area contributed by atoms with E-state index in [0.717, 1.165) is 24.3 Å². The average molecular weight is 228 g/mol. The van der Waals surface area contributed by atoms with Gasteiger partial charge in [0, 0.05) is 24.7 Å². The van der Waals surface area contributed by atoms with Gasteiger partial charge in [-0.15, -0.1) is 11.6 Å². The Morgan fingerprint density at radius 2 is 1.87 bits per heavy atom. The second-order valence-electron chi connectivity index (χ2n) is 4.00. The summed E-state index contributed by atoms with van der Waals surface area (Å²) in [4.78, 5) is 2.24. The van der Waals surface area contributed by atoms with Crippen LogP contribution in [0.2, 0.25) is 0 Å². The van der Waals surface area contributed by atoms with Gasteiger partial charge in [-0.25, -0.2) is 4.39 Å². The minimum Gasteiger partial charge on any atom is -0.371 e. The molecule has 0 bridgehead atoms. The number of rotatable bonds is 2.